The van der Waals surface area contributed by atoms with Crippen LogP contribution < -0.4 is 10.6 Å². The fraction of sp³-hybridized carbons (Fsp3) is 0.267. The second-order valence-electron chi connectivity index (χ2n) is 4.66. The average Bonchev–Trinajstić information content (AvgIpc) is 2.72. The van der Waals surface area contributed by atoms with E-state index in [0.29, 0.717) is 11.3 Å². The predicted molar refractivity (Wildman–Crippen MR) is 78.2 cm³/mol. The Morgan fingerprint density at radius 2 is 1.86 bits per heavy atom. The van der Waals surface area contributed by atoms with Gasteiger partial charge in [0.2, 0.25) is 11.8 Å². The van der Waals surface area contributed by atoms with E-state index in [1.165, 1.54) is 11.9 Å². The lowest BCUT2D eigenvalue weighted by molar-refractivity contribution is -0.122. The van der Waals surface area contributed by atoms with E-state index in [9.17, 15) is 14.4 Å². The van der Waals surface area contributed by atoms with Gasteiger partial charge in [0.25, 0.3) is 5.91 Å². The molecule has 6 heteroatoms. The van der Waals surface area contributed by atoms with E-state index < -0.39 is 0 Å². The Morgan fingerprint density at radius 3 is 2.48 bits per heavy atom. The number of hydrogen-bond donors (Lipinski definition) is 2. The zero-order valence-corrected chi connectivity index (χ0v) is 11.8. The summed E-state index contributed by atoms with van der Waals surface area (Å²) in [5.74, 6) is -0.692. The van der Waals surface area contributed by atoms with Crippen LogP contribution in [0.3, 0.4) is 0 Å². The van der Waals surface area contributed by atoms with Crippen LogP contribution in [0.2, 0.25) is 0 Å². The maximum absolute atomic E-state index is 12.2. The van der Waals surface area contributed by atoms with E-state index in [2.05, 4.69) is 17.2 Å². The molecular weight excluding hydrogens is 270 g/mol. The first-order valence-electron chi connectivity index (χ1n) is 6.62. The Balaban J connectivity index is 1.93. The van der Waals surface area contributed by atoms with Crippen molar-refractivity contribution in [1.29, 1.82) is 0 Å². The Labute approximate surface area is 122 Å². The van der Waals surface area contributed by atoms with Crippen molar-refractivity contribution >= 4 is 23.4 Å². The molecular formula is C15H17N3O3. The highest BCUT2D eigenvalue weighted by atomic mass is 16.2. The molecule has 0 aromatic heterocycles. The van der Waals surface area contributed by atoms with Gasteiger partial charge in [-0.15, -0.1) is 0 Å². The number of nitrogens with one attached hydrogen (secondary N) is 2. The summed E-state index contributed by atoms with van der Waals surface area (Å²) in [5, 5.41) is 5.08. The van der Waals surface area contributed by atoms with Crippen molar-refractivity contribution in [2.75, 3.05) is 20.1 Å². The summed E-state index contributed by atoms with van der Waals surface area (Å²) in [6.07, 6.45) is 0.206. The van der Waals surface area contributed by atoms with Crippen molar-refractivity contribution in [3.8, 4) is 0 Å². The fourth-order valence-electron chi connectivity index (χ4n) is 2.14. The number of benzene rings is 1. The summed E-state index contributed by atoms with van der Waals surface area (Å²) < 4.78 is 0. The lowest BCUT2D eigenvalue weighted by Gasteiger charge is -2.16. The SMILES string of the molecule is C=C1c2ccccc2C(=O)N1CC(=O)NCCC(=O)NC. The molecule has 0 unspecified atom stereocenters. The van der Waals surface area contributed by atoms with Crippen LogP contribution in [0.4, 0.5) is 0 Å². The van der Waals surface area contributed by atoms with Crippen LogP contribution in [0.15, 0.2) is 30.8 Å². The highest BCUT2D eigenvalue weighted by Gasteiger charge is 2.31. The number of carbonyl (C=O) groups excluding carboxylic acids is 3. The molecule has 2 rings (SSSR count). The average molecular weight is 287 g/mol. The Bertz CT molecular complexity index is 575. The van der Waals surface area contributed by atoms with Crippen LogP contribution >= 0.6 is 0 Å². The molecule has 0 atom stereocenters. The van der Waals surface area contributed by atoms with Gasteiger partial charge in [0.05, 0.1) is 0 Å². The summed E-state index contributed by atoms with van der Waals surface area (Å²) >= 11 is 0. The molecule has 110 valence electrons. The first-order valence-corrected chi connectivity index (χ1v) is 6.62. The van der Waals surface area contributed by atoms with Crippen molar-refractivity contribution in [3.05, 3.63) is 42.0 Å². The van der Waals surface area contributed by atoms with Crippen LogP contribution in [-0.4, -0.2) is 42.8 Å². The van der Waals surface area contributed by atoms with Crippen LogP contribution in [0.25, 0.3) is 5.70 Å². The van der Waals surface area contributed by atoms with E-state index >= 15 is 0 Å². The second-order valence-corrected chi connectivity index (χ2v) is 4.66. The number of nitrogens with zero attached hydrogens (tertiary/aromatic N) is 1. The van der Waals surface area contributed by atoms with Crippen molar-refractivity contribution < 1.29 is 14.4 Å². The van der Waals surface area contributed by atoms with Crippen LogP contribution in [0, 0.1) is 0 Å². The molecule has 0 bridgehead atoms. The maximum Gasteiger partial charge on any atom is 0.259 e. The molecule has 6 nitrogen and oxygen atoms in total. The molecule has 2 N–H and O–H groups in total. The fourth-order valence-corrected chi connectivity index (χ4v) is 2.14. The van der Waals surface area contributed by atoms with Gasteiger partial charge in [-0.2, -0.15) is 0 Å². The molecule has 0 aliphatic carbocycles. The number of rotatable bonds is 5. The summed E-state index contributed by atoms with van der Waals surface area (Å²) in [7, 11) is 1.54. The topological polar surface area (TPSA) is 78.5 Å². The van der Waals surface area contributed by atoms with Crippen molar-refractivity contribution in [2.45, 2.75) is 6.42 Å². The van der Waals surface area contributed by atoms with Gasteiger partial charge in [0.15, 0.2) is 0 Å². The van der Waals surface area contributed by atoms with Crippen LogP contribution in [0.5, 0.6) is 0 Å². The third-order valence-corrected chi connectivity index (χ3v) is 3.29. The molecule has 0 spiro atoms. The smallest absolute Gasteiger partial charge is 0.259 e. The van der Waals surface area contributed by atoms with Gasteiger partial charge in [-0.25, -0.2) is 0 Å². The van der Waals surface area contributed by atoms with E-state index in [1.54, 1.807) is 18.2 Å². The molecule has 1 aromatic rings. The molecule has 3 amide bonds. The molecule has 21 heavy (non-hydrogen) atoms. The van der Waals surface area contributed by atoms with Crippen molar-refractivity contribution in [1.82, 2.24) is 15.5 Å². The summed E-state index contributed by atoms with van der Waals surface area (Å²) in [5.41, 5.74) is 1.83. The van der Waals surface area contributed by atoms with Gasteiger partial charge >= 0.3 is 0 Å². The minimum atomic E-state index is -0.318. The quantitative estimate of drug-likeness (QED) is 0.821. The molecule has 1 aromatic carbocycles. The number of carbonyl (C=O) groups is 3. The van der Waals surface area contributed by atoms with Gasteiger partial charge in [-0.05, 0) is 6.07 Å². The highest BCUT2D eigenvalue weighted by Crippen LogP contribution is 2.30. The van der Waals surface area contributed by atoms with Gasteiger partial charge in [-0.3, -0.25) is 19.3 Å². The zero-order chi connectivity index (χ0) is 15.4. The molecule has 1 aliphatic rings. The lowest BCUT2D eigenvalue weighted by Crippen LogP contribution is -2.38. The Kier molecular flexibility index (Phi) is 4.37. The largest absolute Gasteiger partial charge is 0.359 e. The third kappa shape index (κ3) is 3.10. The molecule has 1 aliphatic heterocycles. The zero-order valence-electron chi connectivity index (χ0n) is 11.8. The van der Waals surface area contributed by atoms with Gasteiger partial charge in [0.1, 0.15) is 6.54 Å². The van der Waals surface area contributed by atoms with Crippen LogP contribution in [0.1, 0.15) is 22.3 Å². The first kappa shape index (κ1) is 14.8. The third-order valence-electron chi connectivity index (χ3n) is 3.29. The number of amides is 3. The van der Waals surface area contributed by atoms with Crippen molar-refractivity contribution in [3.63, 3.8) is 0 Å². The lowest BCUT2D eigenvalue weighted by atomic mass is 10.1. The minimum Gasteiger partial charge on any atom is -0.359 e. The standard InChI is InChI=1S/C15H17N3O3/c1-10-11-5-3-4-6-12(11)15(21)18(10)9-14(20)17-8-7-13(19)16-2/h3-6H,1,7-9H2,2H3,(H,16,19)(H,17,20). The van der Waals surface area contributed by atoms with E-state index in [4.69, 9.17) is 0 Å². The van der Waals surface area contributed by atoms with Gasteiger partial charge in [0, 0.05) is 36.8 Å². The minimum absolute atomic E-state index is 0.0971. The molecule has 1 heterocycles. The molecule has 0 saturated carbocycles. The van der Waals surface area contributed by atoms with E-state index in [-0.39, 0.29) is 37.2 Å². The summed E-state index contributed by atoms with van der Waals surface area (Å²) in [6.45, 7) is 4.00. The first-order chi connectivity index (χ1) is 10.0. The van der Waals surface area contributed by atoms with Gasteiger partial charge < -0.3 is 10.6 Å². The molecule has 0 fully saturated rings. The molecule has 0 radical (unpaired) electrons. The Morgan fingerprint density at radius 1 is 1.19 bits per heavy atom. The summed E-state index contributed by atoms with van der Waals surface area (Å²) in [4.78, 5) is 36.4. The monoisotopic (exact) mass is 287 g/mol. The Hall–Kier alpha value is -2.63. The van der Waals surface area contributed by atoms with Gasteiger partial charge in [-0.1, -0.05) is 24.8 Å². The van der Waals surface area contributed by atoms with E-state index in [1.807, 2.05) is 6.07 Å². The normalized spacial score (nSPS) is 13.1. The summed E-state index contributed by atoms with van der Waals surface area (Å²) in [6, 6.07) is 7.12. The molecule has 0 saturated heterocycles. The van der Waals surface area contributed by atoms with E-state index in [0.717, 1.165) is 5.56 Å². The number of fused-ring (bicyclic) bond motifs is 1. The predicted octanol–water partition coefficient (Wildman–Crippen LogP) is 0.365. The van der Waals surface area contributed by atoms with Crippen molar-refractivity contribution in [2.24, 2.45) is 0 Å². The highest BCUT2D eigenvalue weighted by molar-refractivity contribution is 6.10. The van der Waals surface area contributed by atoms with Crippen LogP contribution in [-0.2, 0) is 9.59 Å². The maximum atomic E-state index is 12.2. The second kappa shape index (κ2) is 6.21. The number of hydrogen-bond acceptors (Lipinski definition) is 3.